The lowest BCUT2D eigenvalue weighted by molar-refractivity contribution is -0.132. The Bertz CT molecular complexity index is 757. The quantitative estimate of drug-likeness (QED) is 0.847. The minimum Gasteiger partial charge on any atom is -0.484 e. The van der Waals surface area contributed by atoms with Gasteiger partial charge in [-0.1, -0.05) is 12.1 Å². The number of carbonyl (C=O) groups excluding carboxylic acids is 1. The van der Waals surface area contributed by atoms with E-state index >= 15 is 0 Å². The fraction of sp³-hybridized carbons (Fsp3) is 0.316. The summed E-state index contributed by atoms with van der Waals surface area (Å²) in [7, 11) is 1.76. The molecule has 3 rings (SSSR count). The first-order chi connectivity index (χ1) is 11.5. The highest BCUT2D eigenvalue weighted by atomic mass is 16.7. The lowest BCUT2D eigenvalue weighted by Gasteiger charge is -2.18. The van der Waals surface area contributed by atoms with Crippen molar-refractivity contribution in [1.82, 2.24) is 4.90 Å². The van der Waals surface area contributed by atoms with Gasteiger partial charge in [-0.05, 0) is 54.8 Å². The van der Waals surface area contributed by atoms with Crippen molar-refractivity contribution in [3.05, 3.63) is 53.1 Å². The standard InChI is InChI=1S/C19H21NO4/c1-13-4-6-16(8-14(13)2)22-11-19(21)20(3)10-15-5-7-17-18(9-15)24-12-23-17/h4-9H,10-12H2,1-3H3. The van der Waals surface area contributed by atoms with E-state index in [1.807, 2.05) is 50.2 Å². The van der Waals surface area contributed by atoms with Crippen molar-refractivity contribution in [3.8, 4) is 17.2 Å². The van der Waals surface area contributed by atoms with E-state index in [1.165, 1.54) is 5.56 Å². The third kappa shape index (κ3) is 3.62. The van der Waals surface area contributed by atoms with Crippen molar-refractivity contribution >= 4 is 5.91 Å². The smallest absolute Gasteiger partial charge is 0.260 e. The molecular weight excluding hydrogens is 306 g/mol. The Labute approximate surface area is 141 Å². The van der Waals surface area contributed by atoms with E-state index in [0.29, 0.717) is 12.3 Å². The number of nitrogens with zero attached hydrogens (tertiary/aromatic N) is 1. The second kappa shape index (κ2) is 6.83. The average molecular weight is 327 g/mol. The van der Waals surface area contributed by atoms with Gasteiger partial charge in [-0.2, -0.15) is 0 Å². The molecule has 2 aromatic carbocycles. The molecular formula is C19H21NO4. The van der Waals surface area contributed by atoms with Gasteiger partial charge in [-0.25, -0.2) is 0 Å². The van der Waals surface area contributed by atoms with Crippen LogP contribution >= 0.6 is 0 Å². The van der Waals surface area contributed by atoms with Crippen LogP contribution in [0.15, 0.2) is 36.4 Å². The van der Waals surface area contributed by atoms with E-state index in [0.717, 1.165) is 22.6 Å². The number of carbonyl (C=O) groups is 1. The molecule has 1 aliphatic rings. The minimum atomic E-state index is -0.0779. The van der Waals surface area contributed by atoms with Gasteiger partial charge in [0.2, 0.25) is 6.79 Å². The van der Waals surface area contributed by atoms with E-state index in [-0.39, 0.29) is 19.3 Å². The highest BCUT2D eigenvalue weighted by Crippen LogP contribution is 2.32. The maximum Gasteiger partial charge on any atom is 0.260 e. The summed E-state index contributed by atoms with van der Waals surface area (Å²) in [6, 6.07) is 11.5. The molecule has 0 bridgehead atoms. The molecule has 5 heteroatoms. The van der Waals surface area contributed by atoms with Gasteiger partial charge in [0.15, 0.2) is 18.1 Å². The summed E-state index contributed by atoms with van der Waals surface area (Å²) in [5.41, 5.74) is 3.34. The summed E-state index contributed by atoms with van der Waals surface area (Å²) in [4.78, 5) is 13.9. The number of ether oxygens (including phenoxy) is 3. The topological polar surface area (TPSA) is 48.0 Å². The number of hydrogen-bond acceptors (Lipinski definition) is 4. The van der Waals surface area contributed by atoms with Gasteiger partial charge in [0.25, 0.3) is 5.91 Å². The molecule has 0 fully saturated rings. The summed E-state index contributed by atoms with van der Waals surface area (Å²) in [6.45, 7) is 4.83. The third-order valence-electron chi connectivity index (χ3n) is 4.12. The Kier molecular flexibility index (Phi) is 4.60. The molecule has 0 radical (unpaired) electrons. The highest BCUT2D eigenvalue weighted by Gasteiger charge is 2.15. The molecule has 5 nitrogen and oxygen atoms in total. The second-order valence-corrected chi connectivity index (χ2v) is 5.97. The molecule has 1 amide bonds. The van der Waals surface area contributed by atoms with E-state index < -0.39 is 0 Å². The van der Waals surface area contributed by atoms with Gasteiger partial charge >= 0.3 is 0 Å². The van der Waals surface area contributed by atoms with Crippen LogP contribution in [0.3, 0.4) is 0 Å². The Hall–Kier alpha value is -2.69. The lowest BCUT2D eigenvalue weighted by Crippen LogP contribution is -2.30. The number of likely N-dealkylation sites (N-methyl/N-ethyl adjacent to an activating group) is 1. The maximum absolute atomic E-state index is 12.3. The van der Waals surface area contributed by atoms with Crippen LogP contribution in [0.1, 0.15) is 16.7 Å². The number of fused-ring (bicyclic) bond motifs is 1. The Balaban J connectivity index is 1.55. The Morgan fingerprint density at radius 3 is 2.67 bits per heavy atom. The number of rotatable bonds is 5. The van der Waals surface area contributed by atoms with Crippen molar-refractivity contribution in [3.63, 3.8) is 0 Å². The van der Waals surface area contributed by atoms with Crippen LogP contribution in [0.25, 0.3) is 0 Å². The van der Waals surface area contributed by atoms with Crippen molar-refractivity contribution in [2.45, 2.75) is 20.4 Å². The van der Waals surface area contributed by atoms with Crippen LogP contribution in [0.4, 0.5) is 0 Å². The average Bonchev–Trinajstić information content (AvgIpc) is 3.03. The number of hydrogen-bond donors (Lipinski definition) is 0. The van der Waals surface area contributed by atoms with Crippen molar-refractivity contribution < 1.29 is 19.0 Å². The van der Waals surface area contributed by atoms with Gasteiger partial charge in [-0.3, -0.25) is 4.79 Å². The zero-order valence-electron chi connectivity index (χ0n) is 14.2. The first-order valence-corrected chi connectivity index (χ1v) is 7.85. The third-order valence-corrected chi connectivity index (χ3v) is 4.12. The molecule has 0 aliphatic carbocycles. The van der Waals surface area contributed by atoms with E-state index in [4.69, 9.17) is 14.2 Å². The number of benzene rings is 2. The molecule has 1 aliphatic heterocycles. The molecule has 2 aromatic rings. The van der Waals surface area contributed by atoms with Gasteiger partial charge in [0.05, 0.1) is 0 Å². The normalized spacial score (nSPS) is 12.1. The molecule has 0 atom stereocenters. The van der Waals surface area contributed by atoms with Crippen molar-refractivity contribution in [1.29, 1.82) is 0 Å². The second-order valence-electron chi connectivity index (χ2n) is 5.97. The fourth-order valence-electron chi connectivity index (χ4n) is 2.46. The van der Waals surface area contributed by atoms with Crippen LogP contribution in [0, 0.1) is 13.8 Å². The van der Waals surface area contributed by atoms with Crippen LogP contribution < -0.4 is 14.2 Å². The molecule has 0 aromatic heterocycles. The zero-order valence-corrected chi connectivity index (χ0v) is 14.2. The highest BCUT2D eigenvalue weighted by molar-refractivity contribution is 5.77. The first kappa shape index (κ1) is 16.2. The van der Waals surface area contributed by atoms with Crippen LogP contribution in [-0.2, 0) is 11.3 Å². The van der Waals surface area contributed by atoms with Crippen LogP contribution in [0.5, 0.6) is 17.2 Å². The van der Waals surface area contributed by atoms with Crippen molar-refractivity contribution in [2.75, 3.05) is 20.4 Å². The first-order valence-electron chi connectivity index (χ1n) is 7.85. The fourth-order valence-corrected chi connectivity index (χ4v) is 2.46. The molecule has 0 spiro atoms. The largest absolute Gasteiger partial charge is 0.484 e. The molecule has 0 saturated carbocycles. The summed E-state index contributed by atoms with van der Waals surface area (Å²) < 4.78 is 16.2. The SMILES string of the molecule is Cc1ccc(OCC(=O)N(C)Cc2ccc3c(c2)OCO3)cc1C. The monoisotopic (exact) mass is 327 g/mol. The molecule has 126 valence electrons. The van der Waals surface area contributed by atoms with E-state index in [1.54, 1.807) is 11.9 Å². The predicted octanol–water partition coefficient (Wildman–Crippen LogP) is 3.07. The molecule has 0 N–H and O–H groups in total. The van der Waals surface area contributed by atoms with E-state index in [2.05, 4.69) is 0 Å². The summed E-state index contributed by atoms with van der Waals surface area (Å²) in [5, 5.41) is 0. The van der Waals surface area contributed by atoms with Gasteiger partial charge in [-0.15, -0.1) is 0 Å². The van der Waals surface area contributed by atoms with Gasteiger partial charge in [0.1, 0.15) is 5.75 Å². The molecule has 1 heterocycles. The van der Waals surface area contributed by atoms with Gasteiger partial charge < -0.3 is 19.1 Å². The lowest BCUT2D eigenvalue weighted by atomic mass is 10.1. The number of amides is 1. The van der Waals surface area contributed by atoms with E-state index in [9.17, 15) is 4.79 Å². The van der Waals surface area contributed by atoms with Crippen LogP contribution in [-0.4, -0.2) is 31.3 Å². The summed E-state index contributed by atoms with van der Waals surface area (Å²) >= 11 is 0. The Morgan fingerprint density at radius 2 is 1.88 bits per heavy atom. The summed E-state index contributed by atoms with van der Waals surface area (Å²) in [6.07, 6.45) is 0. The zero-order chi connectivity index (χ0) is 17.1. The molecule has 24 heavy (non-hydrogen) atoms. The number of aryl methyl sites for hydroxylation is 2. The van der Waals surface area contributed by atoms with Crippen LogP contribution in [0.2, 0.25) is 0 Å². The maximum atomic E-state index is 12.3. The van der Waals surface area contributed by atoms with Gasteiger partial charge in [0, 0.05) is 13.6 Å². The molecule has 0 saturated heterocycles. The molecule has 0 unspecified atom stereocenters. The summed E-state index contributed by atoms with van der Waals surface area (Å²) in [5.74, 6) is 2.10. The predicted molar refractivity (Wildman–Crippen MR) is 90.5 cm³/mol. The van der Waals surface area contributed by atoms with Crippen molar-refractivity contribution in [2.24, 2.45) is 0 Å². The Morgan fingerprint density at radius 1 is 1.08 bits per heavy atom. The minimum absolute atomic E-state index is 0.0174.